The van der Waals surface area contributed by atoms with Gasteiger partial charge in [-0.3, -0.25) is 9.59 Å². The van der Waals surface area contributed by atoms with Crippen molar-refractivity contribution in [1.82, 2.24) is 4.90 Å². The van der Waals surface area contributed by atoms with E-state index in [9.17, 15) is 19.5 Å². The Balaban J connectivity index is 1.67. The smallest absolute Gasteiger partial charge is 0.327 e. The molecule has 0 bridgehead atoms. The molecule has 5 rings (SSSR count). The maximum atomic E-state index is 14.1. The molecule has 1 N–H and O–H groups in total. The Kier molecular flexibility index (Phi) is 7.10. The van der Waals surface area contributed by atoms with E-state index < -0.39 is 29.9 Å². The summed E-state index contributed by atoms with van der Waals surface area (Å²) in [6, 6.07) is 19.4. The quantitative estimate of drug-likeness (QED) is 0.360. The first-order chi connectivity index (χ1) is 18.2. The number of amides is 1. The molecule has 38 heavy (non-hydrogen) atoms. The summed E-state index contributed by atoms with van der Waals surface area (Å²) in [4.78, 5) is 42.8. The molecule has 0 spiro atoms. The van der Waals surface area contributed by atoms with Gasteiger partial charge in [-0.05, 0) is 46.4 Å². The number of likely N-dealkylation sites (tertiary alicyclic amines) is 1. The highest BCUT2D eigenvalue weighted by molar-refractivity contribution is 7.12. The van der Waals surface area contributed by atoms with E-state index >= 15 is 0 Å². The average molecular weight is 528 g/mol. The lowest BCUT2D eigenvalue weighted by molar-refractivity contribution is -0.150. The highest BCUT2D eigenvalue weighted by Crippen LogP contribution is 2.48. The van der Waals surface area contributed by atoms with E-state index in [1.54, 1.807) is 6.07 Å². The first-order valence-electron chi connectivity index (χ1n) is 13.1. The van der Waals surface area contributed by atoms with Crippen molar-refractivity contribution in [3.63, 3.8) is 0 Å². The van der Waals surface area contributed by atoms with E-state index in [0.29, 0.717) is 4.88 Å². The van der Waals surface area contributed by atoms with Gasteiger partial charge in [0.25, 0.3) is 0 Å². The Morgan fingerprint density at radius 1 is 0.947 bits per heavy atom. The molecule has 2 fully saturated rings. The summed E-state index contributed by atoms with van der Waals surface area (Å²) in [5.74, 6) is -2.95. The summed E-state index contributed by atoms with van der Waals surface area (Å²) in [5.41, 5.74) is 2.75. The van der Waals surface area contributed by atoms with E-state index in [1.807, 2.05) is 78.2 Å². The molecule has 1 amide bonds. The highest BCUT2D eigenvalue weighted by atomic mass is 32.1. The molecule has 4 unspecified atom stereocenters. The zero-order valence-corrected chi connectivity index (χ0v) is 22.7. The van der Waals surface area contributed by atoms with Gasteiger partial charge >= 0.3 is 5.97 Å². The van der Waals surface area contributed by atoms with E-state index in [2.05, 4.69) is 20.8 Å². The number of Topliss-reactive ketones (excluding diaryl/α,β-unsaturated/α-hetero) is 1. The number of benzene rings is 2. The van der Waals surface area contributed by atoms with Crippen LogP contribution in [0.25, 0.3) is 6.08 Å². The minimum Gasteiger partial charge on any atom is -0.480 e. The van der Waals surface area contributed by atoms with Crippen molar-refractivity contribution in [2.45, 2.75) is 57.0 Å². The Morgan fingerprint density at radius 3 is 2.18 bits per heavy atom. The average Bonchev–Trinajstić information content (AvgIpc) is 3.48. The van der Waals surface area contributed by atoms with Gasteiger partial charge in [-0.25, -0.2) is 4.79 Å². The molecular formula is C32H33NO4S. The third kappa shape index (κ3) is 5.10. The lowest BCUT2D eigenvalue weighted by atomic mass is 9.77. The summed E-state index contributed by atoms with van der Waals surface area (Å²) >= 11 is 1.35. The lowest BCUT2D eigenvalue weighted by Gasteiger charge is -2.28. The van der Waals surface area contributed by atoms with Crippen LogP contribution in [0.2, 0.25) is 0 Å². The fourth-order valence-corrected chi connectivity index (χ4v) is 6.23. The number of rotatable bonds is 7. The van der Waals surface area contributed by atoms with E-state index in [-0.39, 0.29) is 23.0 Å². The number of ketones is 1. The number of carboxylic acids is 1. The molecule has 5 nitrogen and oxygen atoms in total. The highest BCUT2D eigenvalue weighted by Gasteiger charge is 2.58. The van der Waals surface area contributed by atoms with Crippen molar-refractivity contribution in [3.8, 4) is 0 Å². The van der Waals surface area contributed by atoms with Crippen LogP contribution < -0.4 is 0 Å². The molecule has 2 heterocycles. The van der Waals surface area contributed by atoms with Crippen molar-refractivity contribution in [1.29, 1.82) is 0 Å². The number of carbonyl (C=O) groups excluding carboxylic acids is 2. The van der Waals surface area contributed by atoms with Crippen LogP contribution in [-0.2, 0) is 15.0 Å². The van der Waals surface area contributed by atoms with Crippen molar-refractivity contribution in [3.05, 3.63) is 99.8 Å². The summed E-state index contributed by atoms with van der Waals surface area (Å²) in [7, 11) is 0. The first kappa shape index (κ1) is 26.1. The van der Waals surface area contributed by atoms with Gasteiger partial charge in [0.1, 0.15) is 6.04 Å². The van der Waals surface area contributed by atoms with Crippen molar-refractivity contribution in [2.24, 2.45) is 11.8 Å². The van der Waals surface area contributed by atoms with Crippen LogP contribution in [0.3, 0.4) is 0 Å². The van der Waals surface area contributed by atoms with E-state index in [4.69, 9.17) is 0 Å². The molecule has 2 aliphatic rings. The number of nitrogens with zero attached hydrogens (tertiary/aromatic N) is 1. The van der Waals surface area contributed by atoms with Gasteiger partial charge in [0, 0.05) is 11.8 Å². The molecule has 196 valence electrons. The number of hydrogen-bond donors (Lipinski definition) is 1. The standard InChI is InChI=1S/C32H33NO4S/c1-32(2,3)23-16-14-21(15-17-23)26-27(29(34)25-10-7-19-38-25)24(18-11-20-8-5-4-6-9-20)33(28(26)31(36)37)30(35)22-12-13-22/h4-11,14-19,22,24,26-28H,12-13H2,1-3H3,(H,36,37). The third-order valence-corrected chi connectivity index (χ3v) is 8.55. The minimum absolute atomic E-state index is 0.0679. The van der Waals surface area contributed by atoms with Crippen LogP contribution >= 0.6 is 11.3 Å². The molecule has 1 aliphatic carbocycles. The lowest BCUT2D eigenvalue weighted by Crippen LogP contribution is -2.46. The van der Waals surface area contributed by atoms with Crippen molar-refractivity contribution >= 4 is 35.1 Å². The molecule has 4 atom stereocenters. The second-order valence-corrected chi connectivity index (χ2v) is 12.3. The summed E-state index contributed by atoms with van der Waals surface area (Å²) in [5, 5.41) is 12.4. The van der Waals surface area contributed by atoms with Gasteiger partial charge < -0.3 is 10.0 Å². The maximum Gasteiger partial charge on any atom is 0.327 e. The molecule has 0 radical (unpaired) electrons. The van der Waals surface area contributed by atoms with Gasteiger partial charge in [-0.15, -0.1) is 11.3 Å². The van der Waals surface area contributed by atoms with Gasteiger partial charge in [0.2, 0.25) is 5.91 Å². The molecule has 6 heteroatoms. The van der Waals surface area contributed by atoms with Crippen molar-refractivity contribution < 1.29 is 19.5 Å². The third-order valence-electron chi connectivity index (χ3n) is 7.66. The number of hydrogen-bond acceptors (Lipinski definition) is 4. The Morgan fingerprint density at radius 2 is 1.63 bits per heavy atom. The molecule has 1 saturated carbocycles. The minimum atomic E-state index is -1.14. The number of thiophene rings is 1. The predicted octanol–water partition coefficient (Wildman–Crippen LogP) is 6.42. The Labute approximate surface area is 227 Å². The summed E-state index contributed by atoms with van der Waals surface area (Å²) < 4.78 is 0. The first-order valence-corrected chi connectivity index (χ1v) is 14.0. The predicted molar refractivity (Wildman–Crippen MR) is 150 cm³/mol. The zero-order chi connectivity index (χ0) is 27.0. The zero-order valence-electron chi connectivity index (χ0n) is 21.9. The normalized spacial score (nSPS) is 23.6. The molecule has 3 aromatic rings. The molecule has 2 aromatic carbocycles. The van der Waals surface area contributed by atoms with Crippen LogP contribution in [-0.4, -0.2) is 39.7 Å². The molecule has 1 aromatic heterocycles. The second-order valence-electron chi connectivity index (χ2n) is 11.3. The number of carboxylic acid groups (broad SMARTS) is 1. The van der Waals surface area contributed by atoms with Gasteiger partial charge in [-0.2, -0.15) is 0 Å². The van der Waals surface area contributed by atoms with Gasteiger partial charge in [0.15, 0.2) is 5.78 Å². The Hall–Kier alpha value is -3.51. The Bertz CT molecular complexity index is 1330. The van der Waals surface area contributed by atoms with Gasteiger partial charge in [0.05, 0.1) is 16.8 Å². The number of aliphatic carboxylic acids is 1. The molecular weight excluding hydrogens is 494 g/mol. The van der Waals surface area contributed by atoms with Crippen LogP contribution in [0.5, 0.6) is 0 Å². The van der Waals surface area contributed by atoms with Gasteiger partial charge in [-0.1, -0.05) is 93.6 Å². The second kappa shape index (κ2) is 10.3. The van der Waals surface area contributed by atoms with Crippen LogP contribution in [0.15, 0.2) is 78.2 Å². The van der Waals surface area contributed by atoms with Crippen LogP contribution in [0.1, 0.15) is 65.9 Å². The number of carbonyl (C=O) groups is 3. The molecule has 1 aliphatic heterocycles. The fourth-order valence-electron chi connectivity index (χ4n) is 5.52. The molecule has 1 saturated heterocycles. The monoisotopic (exact) mass is 527 g/mol. The van der Waals surface area contributed by atoms with E-state index in [0.717, 1.165) is 29.5 Å². The topological polar surface area (TPSA) is 74.7 Å². The van der Waals surface area contributed by atoms with Crippen molar-refractivity contribution in [2.75, 3.05) is 0 Å². The van der Waals surface area contributed by atoms with Crippen LogP contribution in [0, 0.1) is 11.8 Å². The fraction of sp³-hybridized carbons (Fsp3) is 0.344. The van der Waals surface area contributed by atoms with E-state index in [1.165, 1.54) is 16.2 Å². The van der Waals surface area contributed by atoms with Crippen LogP contribution in [0.4, 0.5) is 0 Å². The SMILES string of the molecule is CC(C)(C)c1ccc(C2C(C(=O)c3cccs3)C(C=Cc3ccccc3)N(C(=O)C3CC3)C2C(=O)O)cc1. The maximum absolute atomic E-state index is 14.1. The summed E-state index contributed by atoms with van der Waals surface area (Å²) in [6.07, 6.45) is 5.28. The largest absolute Gasteiger partial charge is 0.480 e. The summed E-state index contributed by atoms with van der Waals surface area (Å²) in [6.45, 7) is 6.38.